The van der Waals surface area contributed by atoms with Crippen LogP contribution >= 0.6 is 27.9 Å². The lowest BCUT2D eigenvalue weighted by Gasteiger charge is -2.21. The summed E-state index contributed by atoms with van der Waals surface area (Å²) in [5.74, 6) is -0.179. The van der Waals surface area contributed by atoms with E-state index in [0.29, 0.717) is 6.54 Å². The molecule has 0 spiro atoms. The van der Waals surface area contributed by atoms with Crippen LogP contribution in [0, 0.1) is 0 Å². The summed E-state index contributed by atoms with van der Waals surface area (Å²) in [6, 6.07) is 6.18. The Morgan fingerprint density at radius 1 is 1.50 bits per heavy atom. The summed E-state index contributed by atoms with van der Waals surface area (Å²) in [6.45, 7) is 6.74. The van der Waals surface area contributed by atoms with Crippen molar-refractivity contribution in [3.8, 4) is 0 Å². The minimum absolute atomic E-state index is 0.179. The van der Waals surface area contributed by atoms with Gasteiger partial charge in [-0.2, -0.15) is 0 Å². The molecule has 0 unspecified atom stereocenters. The van der Waals surface area contributed by atoms with Gasteiger partial charge in [-0.15, -0.1) is 0 Å². The fourth-order valence-electron chi connectivity index (χ4n) is 1.73. The molecule has 1 aromatic rings. The van der Waals surface area contributed by atoms with E-state index in [1.165, 1.54) is 10.5 Å². The van der Waals surface area contributed by atoms with Crippen LogP contribution in [0.3, 0.4) is 0 Å². The molecule has 1 heterocycles. The molecule has 5 heteroatoms. The van der Waals surface area contributed by atoms with Crippen LogP contribution in [0.5, 0.6) is 0 Å². The van der Waals surface area contributed by atoms with E-state index in [4.69, 9.17) is 4.74 Å². The highest BCUT2D eigenvalue weighted by Gasteiger charge is 2.24. The van der Waals surface area contributed by atoms with Gasteiger partial charge in [-0.05, 0) is 56.5 Å². The maximum atomic E-state index is 11.7. The van der Waals surface area contributed by atoms with Gasteiger partial charge < -0.3 is 4.74 Å². The number of carbonyl (C=O) groups excluding carboxylic acids is 1. The zero-order valence-electron chi connectivity index (χ0n) is 10.7. The summed E-state index contributed by atoms with van der Waals surface area (Å²) in [6.07, 6.45) is 0. The summed E-state index contributed by atoms with van der Waals surface area (Å²) in [4.78, 5) is 13.0. The molecular weight excluding hydrogens is 314 g/mol. The van der Waals surface area contributed by atoms with E-state index in [0.717, 1.165) is 11.0 Å². The number of benzene rings is 1. The van der Waals surface area contributed by atoms with Gasteiger partial charge in [-0.3, -0.25) is 4.79 Å². The predicted molar refractivity (Wildman–Crippen MR) is 76.3 cm³/mol. The number of fused-ring (bicyclic) bond motifs is 1. The normalized spacial score (nSPS) is 15.6. The maximum Gasteiger partial charge on any atom is 0.321 e. The van der Waals surface area contributed by atoms with Crippen LogP contribution in [0.15, 0.2) is 27.6 Å². The van der Waals surface area contributed by atoms with Gasteiger partial charge in [0.05, 0.1) is 0 Å². The minimum atomic E-state index is -0.419. The van der Waals surface area contributed by atoms with Gasteiger partial charge in [0.25, 0.3) is 0 Å². The van der Waals surface area contributed by atoms with E-state index >= 15 is 0 Å². The van der Waals surface area contributed by atoms with E-state index in [9.17, 15) is 4.79 Å². The number of rotatable bonds is 2. The van der Waals surface area contributed by atoms with Gasteiger partial charge in [0, 0.05) is 15.9 Å². The van der Waals surface area contributed by atoms with E-state index in [2.05, 4.69) is 28.1 Å². The van der Waals surface area contributed by atoms with Crippen LogP contribution in [0.2, 0.25) is 0 Å². The molecule has 1 aromatic carbocycles. The SMILES string of the molecule is CC(C)(C)OC(=O)CN1Cc2cc(Br)ccc2S1. The highest BCUT2D eigenvalue weighted by Crippen LogP contribution is 2.36. The number of esters is 1. The van der Waals surface area contributed by atoms with Crippen molar-refractivity contribution in [3.05, 3.63) is 28.2 Å². The topological polar surface area (TPSA) is 29.5 Å². The lowest BCUT2D eigenvalue weighted by molar-refractivity contribution is -0.154. The number of nitrogens with zero attached hydrogens (tertiary/aromatic N) is 1. The highest BCUT2D eigenvalue weighted by molar-refractivity contribution is 9.10. The molecule has 0 aromatic heterocycles. The molecule has 1 aliphatic rings. The zero-order valence-corrected chi connectivity index (χ0v) is 13.1. The second-order valence-corrected chi connectivity index (χ2v) is 7.28. The molecule has 0 saturated carbocycles. The number of hydrogen-bond donors (Lipinski definition) is 0. The molecule has 3 nitrogen and oxygen atoms in total. The Bertz CT molecular complexity index is 471. The first-order valence-corrected chi connectivity index (χ1v) is 7.33. The highest BCUT2D eigenvalue weighted by atomic mass is 79.9. The number of hydrogen-bond acceptors (Lipinski definition) is 4. The molecule has 0 saturated heterocycles. The molecule has 2 rings (SSSR count). The quantitative estimate of drug-likeness (QED) is 0.612. The Morgan fingerprint density at radius 3 is 2.89 bits per heavy atom. The summed E-state index contributed by atoms with van der Waals surface area (Å²) >= 11 is 5.07. The summed E-state index contributed by atoms with van der Waals surface area (Å²) in [5.41, 5.74) is 0.829. The van der Waals surface area contributed by atoms with Crippen LogP contribution in [0.1, 0.15) is 26.3 Å². The Balaban J connectivity index is 1.94. The monoisotopic (exact) mass is 329 g/mol. The third kappa shape index (κ3) is 3.73. The van der Waals surface area contributed by atoms with Crippen LogP contribution in [0.25, 0.3) is 0 Å². The first-order valence-electron chi connectivity index (χ1n) is 5.77. The number of carbonyl (C=O) groups is 1. The minimum Gasteiger partial charge on any atom is -0.459 e. The van der Waals surface area contributed by atoms with Gasteiger partial charge in [-0.25, -0.2) is 4.31 Å². The molecule has 18 heavy (non-hydrogen) atoms. The molecule has 0 bridgehead atoms. The van der Waals surface area contributed by atoms with Gasteiger partial charge in [0.1, 0.15) is 12.1 Å². The van der Waals surface area contributed by atoms with Crippen molar-refractivity contribution in [3.63, 3.8) is 0 Å². The third-order valence-electron chi connectivity index (χ3n) is 2.32. The second kappa shape index (κ2) is 5.23. The second-order valence-electron chi connectivity index (χ2n) is 5.23. The van der Waals surface area contributed by atoms with E-state index in [-0.39, 0.29) is 5.97 Å². The summed E-state index contributed by atoms with van der Waals surface area (Å²) in [7, 11) is 0. The van der Waals surface area contributed by atoms with Crippen molar-refractivity contribution in [2.75, 3.05) is 6.54 Å². The largest absolute Gasteiger partial charge is 0.459 e. The molecule has 0 fully saturated rings. The van der Waals surface area contributed by atoms with Gasteiger partial charge in [0.2, 0.25) is 0 Å². The van der Waals surface area contributed by atoms with Gasteiger partial charge in [-0.1, -0.05) is 15.9 Å². The van der Waals surface area contributed by atoms with E-state index in [1.807, 2.05) is 31.1 Å². The summed E-state index contributed by atoms with van der Waals surface area (Å²) in [5, 5.41) is 0. The first-order chi connectivity index (χ1) is 8.33. The van der Waals surface area contributed by atoms with Crippen LogP contribution < -0.4 is 0 Å². The fraction of sp³-hybridized carbons (Fsp3) is 0.462. The molecule has 0 N–H and O–H groups in total. The van der Waals surface area contributed by atoms with Crippen molar-refractivity contribution in [2.45, 2.75) is 37.8 Å². The summed E-state index contributed by atoms with van der Waals surface area (Å²) < 4.78 is 8.41. The molecule has 0 amide bonds. The molecule has 0 radical (unpaired) electrons. The number of halogens is 1. The predicted octanol–water partition coefficient (Wildman–Crippen LogP) is 3.61. The molecule has 98 valence electrons. The molecule has 0 aliphatic carbocycles. The van der Waals surface area contributed by atoms with Gasteiger partial charge in [0.15, 0.2) is 0 Å². The van der Waals surface area contributed by atoms with E-state index < -0.39 is 5.60 Å². The smallest absolute Gasteiger partial charge is 0.321 e. The average molecular weight is 330 g/mol. The lowest BCUT2D eigenvalue weighted by Crippen LogP contribution is -2.30. The van der Waals surface area contributed by atoms with Crippen LogP contribution in [-0.4, -0.2) is 22.4 Å². The lowest BCUT2D eigenvalue weighted by atomic mass is 10.2. The standard InChI is InChI=1S/C13H16BrNO2S/c1-13(2,3)17-12(16)8-15-7-9-6-10(14)4-5-11(9)18-15/h4-6H,7-8H2,1-3H3. The Morgan fingerprint density at radius 2 is 2.22 bits per heavy atom. The van der Waals surface area contributed by atoms with Crippen molar-refractivity contribution in [2.24, 2.45) is 0 Å². The van der Waals surface area contributed by atoms with Crippen molar-refractivity contribution in [1.82, 2.24) is 4.31 Å². The Kier molecular flexibility index (Phi) is 4.04. The maximum absolute atomic E-state index is 11.7. The third-order valence-corrected chi connectivity index (χ3v) is 3.93. The van der Waals surface area contributed by atoms with E-state index in [1.54, 1.807) is 11.9 Å². The molecule has 0 atom stereocenters. The van der Waals surface area contributed by atoms with Crippen molar-refractivity contribution in [1.29, 1.82) is 0 Å². The van der Waals surface area contributed by atoms with Crippen molar-refractivity contribution >= 4 is 33.8 Å². The average Bonchev–Trinajstić information content (AvgIpc) is 2.55. The van der Waals surface area contributed by atoms with Crippen molar-refractivity contribution < 1.29 is 9.53 Å². The Hall–Kier alpha value is -0.520. The molecular formula is C13H16BrNO2S. The van der Waals surface area contributed by atoms with Gasteiger partial charge >= 0.3 is 5.97 Å². The first kappa shape index (κ1) is 13.9. The Labute approximate surface area is 120 Å². The van der Waals surface area contributed by atoms with Crippen LogP contribution in [-0.2, 0) is 16.1 Å². The number of ether oxygens (including phenoxy) is 1. The fourth-order valence-corrected chi connectivity index (χ4v) is 3.16. The zero-order chi connectivity index (χ0) is 13.3. The molecule has 1 aliphatic heterocycles. The van der Waals surface area contributed by atoms with Crippen LogP contribution in [0.4, 0.5) is 0 Å².